The average molecular weight is 549 g/mol. The highest BCUT2D eigenvalue weighted by atomic mass is 16.2. The quantitative estimate of drug-likeness (QED) is 0.0834. The smallest absolute Gasteiger partial charge is 0.220 e. The van der Waals surface area contributed by atoms with Gasteiger partial charge < -0.3 is 10.6 Å². The molecule has 0 heterocycles. The maximum Gasteiger partial charge on any atom is 0.220 e. The highest BCUT2D eigenvalue weighted by Gasteiger charge is 2.26. The molecule has 0 unspecified atom stereocenters. The molecular formula is C35H68N2O2. The Hall–Kier alpha value is -1.32. The second-order valence-electron chi connectivity index (χ2n) is 11.6. The van der Waals surface area contributed by atoms with Gasteiger partial charge in [0.25, 0.3) is 0 Å². The molecular weight excluding hydrogens is 480 g/mol. The summed E-state index contributed by atoms with van der Waals surface area (Å²) in [5, 5.41) is 6.40. The number of hydrogen-bond acceptors (Lipinski definition) is 2. The van der Waals surface area contributed by atoms with Crippen LogP contribution in [0.3, 0.4) is 0 Å². The van der Waals surface area contributed by atoms with E-state index in [1.165, 1.54) is 109 Å². The van der Waals surface area contributed by atoms with Crippen molar-refractivity contribution in [1.29, 1.82) is 0 Å². The van der Waals surface area contributed by atoms with E-state index >= 15 is 0 Å². The first-order chi connectivity index (χ1) is 19.2. The average Bonchev–Trinajstić information content (AvgIpc) is 3.37. The molecule has 1 saturated carbocycles. The van der Waals surface area contributed by atoms with Crippen molar-refractivity contribution in [2.45, 2.75) is 200 Å². The lowest BCUT2D eigenvalue weighted by Gasteiger charge is -2.15. The monoisotopic (exact) mass is 549 g/mol. The molecule has 1 rings (SSSR count). The molecule has 4 heteroatoms. The Labute approximate surface area is 244 Å². The minimum Gasteiger partial charge on any atom is -0.353 e. The van der Waals surface area contributed by atoms with Crippen molar-refractivity contribution in [3.05, 3.63) is 12.7 Å². The second kappa shape index (κ2) is 29.7. The summed E-state index contributed by atoms with van der Waals surface area (Å²) in [6.45, 7) is 10.0. The zero-order valence-corrected chi connectivity index (χ0v) is 26.6. The highest BCUT2D eigenvalue weighted by molar-refractivity contribution is 5.77. The Morgan fingerprint density at radius 3 is 1.28 bits per heavy atom. The number of amides is 2. The van der Waals surface area contributed by atoms with E-state index < -0.39 is 0 Å². The molecule has 0 bridgehead atoms. The van der Waals surface area contributed by atoms with Crippen LogP contribution in [0, 0.1) is 0 Å². The van der Waals surface area contributed by atoms with Gasteiger partial charge in [0.1, 0.15) is 0 Å². The fourth-order valence-corrected chi connectivity index (χ4v) is 5.60. The summed E-state index contributed by atoms with van der Waals surface area (Å²) in [6.07, 6.45) is 33.2. The van der Waals surface area contributed by atoms with Gasteiger partial charge in [-0.1, -0.05) is 136 Å². The highest BCUT2D eigenvalue weighted by Crippen LogP contribution is 2.20. The van der Waals surface area contributed by atoms with Crippen LogP contribution in [0.15, 0.2) is 12.7 Å². The number of allylic oxidation sites excluding steroid dienone is 1. The topological polar surface area (TPSA) is 58.2 Å². The van der Waals surface area contributed by atoms with Gasteiger partial charge in [0.05, 0.1) is 0 Å². The number of rotatable bonds is 26. The molecule has 0 aromatic carbocycles. The minimum atomic E-state index is 0.181. The zero-order valence-electron chi connectivity index (χ0n) is 26.6. The largest absolute Gasteiger partial charge is 0.353 e. The molecule has 0 radical (unpaired) electrons. The first kappa shape index (κ1) is 37.7. The molecule has 4 nitrogen and oxygen atoms in total. The van der Waals surface area contributed by atoms with Crippen LogP contribution in [0.5, 0.6) is 0 Å². The van der Waals surface area contributed by atoms with Gasteiger partial charge in [0, 0.05) is 24.9 Å². The summed E-state index contributed by atoms with van der Waals surface area (Å²) in [5.74, 6) is 0.379. The molecule has 1 aliphatic rings. The van der Waals surface area contributed by atoms with Crippen molar-refractivity contribution >= 4 is 11.8 Å². The molecule has 2 amide bonds. The van der Waals surface area contributed by atoms with Crippen LogP contribution in [0.1, 0.15) is 188 Å². The fourth-order valence-electron chi connectivity index (χ4n) is 5.60. The molecule has 0 aromatic heterocycles. The summed E-state index contributed by atoms with van der Waals surface area (Å²) in [5.41, 5.74) is 0. The summed E-state index contributed by atoms with van der Waals surface area (Å²) in [7, 11) is 0. The molecule has 1 aliphatic carbocycles. The van der Waals surface area contributed by atoms with Crippen LogP contribution in [0.2, 0.25) is 0 Å². The van der Waals surface area contributed by atoms with Gasteiger partial charge >= 0.3 is 0 Å². The van der Waals surface area contributed by atoms with E-state index in [0.717, 1.165) is 44.9 Å². The number of carbonyl (C=O) groups excluding carboxylic acids is 2. The van der Waals surface area contributed by atoms with Gasteiger partial charge in [-0.05, 0) is 44.9 Å². The first-order valence-corrected chi connectivity index (χ1v) is 17.3. The van der Waals surface area contributed by atoms with E-state index in [9.17, 15) is 9.59 Å². The predicted octanol–water partition coefficient (Wildman–Crippen LogP) is 10.3. The molecule has 2 atom stereocenters. The first-order valence-electron chi connectivity index (χ1n) is 17.3. The Bertz CT molecular complexity index is 563. The number of carbonyl (C=O) groups is 2. The van der Waals surface area contributed by atoms with Crippen molar-refractivity contribution in [3.8, 4) is 0 Å². The number of hydrogen-bond donors (Lipinski definition) is 2. The van der Waals surface area contributed by atoms with Gasteiger partial charge in [0.2, 0.25) is 11.8 Å². The standard InChI is InChI=1S/C33H62N2O2.C2H6/c1-3-5-7-9-11-12-13-14-15-16-17-18-20-22-24-26-33(37)35-31-28-27-30(29-31)34-32(36)25-23-21-19-10-8-6-4-2;1-2/h4,30-31H,2-3,5-29H2,1H3,(H,34,36)(H,35,37);1-2H3/t30-,31+;/m0./s1. The summed E-state index contributed by atoms with van der Waals surface area (Å²) < 4.78 is 0. The Balaban J connectivity index is 0.00000704. The van der Waals surface area contributed by atoms with Crippen LogP contribution in [0.4, 0.5) is 0 Å². The lowest BCUT2D eigenvalue weighted by molar-refractivity contribution is -0.122. The Morgan fingerprint density at radius 1 is 0.590 bits per heavy atom. The SMILES string of the molecule is C=CCCCCCCCC(=O)N[C@H]1CC[C@@H](NC(=O)CCCCCCCCCCCCCCCCC)C1.CC. The zero-order chi connectivity index (χ0) is 28.8. The third kappa shape index (κ3) is 25.4. The van der Waals surface area contributed by atoms with Gasteiger partial charge in [-0.3, -0.25) is 9.59 Å². The van der Waals surface area contributed by atoms with Gasteiger partial charge in [-0.25, -0.2) is 0 Å². The van der Waals surface area contributed by atoms with Crippen molar-refractivity contribution in [1.82, 2.24) is 10.6 Å². The van der Waals surface area contributed by atoms with E-state index in [-0.39, 0.29) is 23.9 Å². The molecule has 2 N–H and O–H groups in total. The van der Waals surface area contributed by atoms with Crippen LogP contribution >= 0.6 is 0 Å². The molecule has 230 valence electrons. The van der Waals surface area contributed by atoms with Crippen LogP contribution in [0.25, 0.3) is 0 Å². The summed E-state index contributed by atoms with van der Waals surface area (Å²) in [6, 6.07) is 0.468. The summed E-state index contributed by atoms with van der Waals surface area (Å²) in [4.78, 5) is 24.5. The fraction of sp³-hybridized carbons (Fsp3) is 0.886. The van der Waals surface area contributed by atoms with E-state index in [2.05, 4.69) is 24.1 Å². The van der Waals surface area contributed by atoms with Crippen LogP contribution < -0.4 is 10.6 Å². The van der Waals surface area contributed by atoms with Crippen molar-refractivity contribution < 1.29 is 9.59 Å². The lowest BCUT2D eigenvalue weighted by Crippen LogP contribution is -2.37. The summed E-state index contributed by atoms with van der Waals surface area (Å²) >= 11 is 0. The van der Waals surface area contributed by atoms with Gasteiger partial charge in [-0.15, -0.1) is 6.58 Å². The maximum atomic E-state index is 12.3. The second-order valence-corrected chi connectivity index (χ2v) is 11.6. The Kier molecular flexibility index (Phi) is 28.7. The normalized spacial score (nSPS) is 16.4. The van der Waals surface area contributed by atoms with Crippen molar-refractivity contribution in [3.63, 3.8) is 0 Å². The van der Waals surface area contributed by atoms with Crippen molar-refractivity contribution in [2.75, 3.05) is 0 Å². The van der Waals surface area contributed by atoms with E-state index in [1.807, 2.05) is 19.9 Å². The van der Waals surface area contributed by atoms with Crippen LogP contribution in [-0.4, -0.2) is 23.9 Å². The molecule has 0 aliphatic heterocycles. The third-order valence-electron chi connectivity index (χ3n) is 7.98. The van der Waals surface area contributed by atoms with Gasteiger partial charge in [-0.2, -0.15) is 0 Å². The lowest BCUT2D eigenvalue weighted by atomic mass is 10.0. The van der Waals surface area contributed by atoms with Crippen LogP contribution in [-0.2, 0) is 9.59 Å². The minimum absolute atomic E-state index is 0.181. The number of unbranched alkanes of at least 4 members (excludes halogenated alkanes) is 19. The molecule has 0 spiro atoms. The molecule has 39 heavy (non-hydrogen) atoms. The molecule has 0 saturated heterocycles. The Morgan fingerprint density at radius 2 is 0.923 bits per heavy atom. The van der Waals surface area contributed by atoms with Crippen molar-refractivity contribution in [2.24, 2.45) is 0 Å². The maximum absolute atomic E-state index is 12.3. The van der Waals surface area contributed by atoms with E-state index in [1.54, 1.807) is 0 Å². The third-order valence-corrected chi connectivity index (χ3v) is 7.98. The molecule has 1 fully saturated rings. The predicted molar refractivity (Wildman–Crippen MR) is 171 cm³/mol. The van der Waals surface area contributed by atoms with E-state index in [0.29, 0.717) is 12.8 Å². The van der Waals surface area contributed by atoms with E-state index in [4.69, 9.17) is 0 Å². The van der Waals surface area contributed by atoms with Gasteiger partial charge in [0.15, 0.2) is 0 Å². The number of nitrogens with one attached hydrogen (secondary N) is 2. The molecule has 0 aromatic rings.